The van der Waals surface area contributed by atoms with Gasteiger partial charge in [0, 0.05) is 6.42 Å². The molecule has 0 aliphatic heterocycles. The summed E-state index contributed by atoms with van der Waals surface area (Å²) in [4.78, 5) is 12.4. The first kappa shape index (κ1) is 52.8. The van der Waals surface area contributed by atoms with E-state index >= 15 is 0 Å². The Morgan fingerprint density at radius 2 is 0.818 bits per heavy atom. The molecule has 4 nitrogen and oxygen atoms in total. The summed E-state index contributed by atoms with van der Waals surface area (Å²) in [6, 6.07) is -0.656. The standard InChI is InChI=1S/C51H91NO3/c1-3-5-7-9-11-13-15-17-19-21-22-23-24-25-26-27-28-29-31-32-34-36-38-40-42-44-46-50(54)49(48-53)52-51(55)47-45-43-41-39-37-35-33-30-20-18-16-14-12-10-8-6-4-2/h6,8,12,14,18,20,33,35-36,38,44,46,49-50,53-54H,3-5,7,9-11,13,15-17,19,21-32,34,37,39-43,45,47-48H2,1-2H3,(H,52,55)/b8-6-,14-12-,20-18-,35-33-,38-36+,46-44+. The predicted molar refractivity (Wildman–Crippen MR) is 244 cm³/mol. The molecular formula is C51H91NO3. The van der Waals surface area contributed by atoms with Gasteiger partial charge in [0.1, 0.15) is 0 Å². The molecule has 55 heavy (non-hydrogen) atoms. The van der Waals surface area contributed by atoms with E-state index in [0.717, 1.165) is 77.0 Å². The molecule has 0 rings (SSSR count). The first-order valence-corrected chi connectivity index (χ1v) is 23.7. The monoisotopic (exact) mass is 766 g/mol. The van der Waals surface area contributed by atoms with Crippen LogP contribution in [0.5, 0.6) is 0 Å². The van der Waals surface area contributed by atoms with Crippen LogP contribution in [0.15, 0.2) is 72.9 Å². The molecule has 0 radical (unpaired) electrons. The molecule has 0 spiro atoms. The number of aliphatic hydroxyl groups excluding tert-OH is 2. The van der Waals surface area contributed by atoms with Gasteiger partial charge in [-0.2, -0.15) is 0 Å². The zero-order valence-electron chi connectivity index (χ0n) is 36.4. The normalized spacial score (nSPS) is 13.6. The topological polar surface area (TPSA) is 69.6 Å². The number of amides is 1. The first-order chi connectivity index (χ1) is 27.2. The van der Waals surface area contributed by atoms with Gasteiger partial charge in [-0.25, -0.2) is 0 Å². The van der Waals surface area contributed by atoms with Crippen LogP contribution in [0.1, 0.15) is 226 Å². The maximum Gasteiger partial charge on any atom is 0.220 e. The van der Waals surface area contributed by atoms with Crippen LogP contribution in [-0.2, 0) is 4.79 Å². The third-order valence-electron chi connectivity index (χ3n) is 10.4. The molecule has 318 valence electrons. The van der Waals surface area contributed by atoms with Crippen LogP contribution in [0.25, 0.3) is 0 Å². The Morgan fingerprint density at radius 3 is 1.27 bits per heavy atom. The van der Waals surface area contributed by atoms with E-state index in [-0.39, 0.29) is 12.5 Å². The smallest absolute Gasteiger partial charge is 0.220 e. The Bertz CT molecular complexity index is 961. The van der Waals surface area contributed by atoms with Gasteiger partial charge in [0.15, 0.2) is 0 Å². The molecule has 0 fully saturated rings. The van der Waals surface area contributed by atoms with Crippen molar-refractivity contribution in [2.24, 2.45) is 0 Å². The van der Waals surface area contributed by atoms with Crippen LogP contribution in [-0.4, -0.2) is 34.9 Å². The third kappa shape index (κ3) is 42.8. The Morgan fingerprint density at radius 1 is 0.455 bits per heavy atom. The Hall–Kier alpha value is -2.17. The van der Waals surface area contributed by atoms with E-state index in [4.69, 9.17) is 0 Å². The second kappa shape index (κ2) is 46.2. The highest BCUT2D eigenvalue weighted by Gasteiger charge is 2.17. The van der Waals surface area contributed by atoms with Crippen molar-refractivity contribution in [3.63, 3.8) is 0 Å². The van der Waals surface area contributed by atoms with E-state index in [2.05, 4.69) is 79.9 Å². The first-order valence-electron chi connectivity index (χ1n) is 23.7. The quantitative estimate of drug-likeness (QED) is 0.0428. The highest BCUT2D eigenvalue weighted by Crippen LogP contribution is 2.15. The average molecular weight is 766 g/mol. The highest BCUT2D eigenvalue weighted by atomic mass is 16.3. The van der Waals surface area contributed by atoms with Gasteiger partial charge in [-0.3, -0.25) is 4.79 Å². The minimum Gasteiger partial charge on any atom is -0.394 e. The predicted octanol–water partition coefficient (Wildman–Crippen LogP) is 15.1. The summed E-state index contributed by atoms with van der Waals surface area (Å²) in [7, 11) is 0. The van der Waals surface area contributed by atoms with Gasteiger partial charge in [0.05, 0.1) is 18.8 Å². The number of carbonyl (C=O) groups excluding carboxylic acids is 1. The van der Waals surface area contributed by atoms with Crippen molar-refractivity contribution < 1.29 is 15.0 Å². The van der Waals surface area contributed by atoms with Gasteiger partial charge in [-0.05, 0) is 70.6 Å². The molecule has 0 aliphatic carbocycles. The Kier molecular flexibility index (Phi) is 44.4. The Labute approximate surface area is 342 Å². The van der Waals surface area contributed by atoms with E-state index in [1.807, 2.05) is 6.08 Å². The fourth-order valence-electron chi connectivity index (χ4n) is 6.83. The van der Waals surface area contributed by atoms with Crippen molar-refractivity contribution in [3.8, 4) is 0 Å². The van der Waals surface area contributed by atoms with Gasteiger partial charge in [-0.1, -0.05) is 222 Å². The lowest BCUT2D eigenvalue weighted by Crippen LogP contribution is -2.45. The fraction of sp³-hybridized carbons (Fsp3) is 0.745. The van der Waals surface area contributed by atoms with Gasteiger partial charge in [0.25, 0.3) is 0 Å². The van der Waals surface area contributed by atoms with Gasteiger partial charge < -0.3 is 15.5 Å². The van der Waals surface area contributed by atoms with Crippen LogP contribution in [0.2, 0.25) is 0 Å². The molecule has 0 bridgehead atoms. The van der Waals surface area contributed by atoms with Crippen molar-refractivity contribution in [3.05, 3.63) is 72.9 Å². The molecule has 0 aliphatic rings. The minimum absolute atomic E-state index is 0.0987. The molecule has 0 aromatic carbocycles. The number of hydrogen-bond donors (Lipinski definition) is 3. The van der Waals surface area contributed by atoms with Crippen LogP contribution in [0.4, 0.5) is 0 Å². The molecule has 0 aromatic rings. The molecule has 1 amide bonds. The fourth-order valence-corrected chi connectivity index (χ4v) is 6.83. The number of aliphatic hydroxyl groups is 2. The van der Waals surface area contributed by atoms with Crippen LogP contribution in [0.3, 0.4) is 0 Å². The van der Waals surface area contributed by atoms with E-state index in [1.54, 1.807) is 6.08 Å². The number of rotatable bonds is 42. The van der Waals surface area contributed by atoms with Crippen molar-refractivity contribution in [2.75, 3.05) is 6.61 Å². The van der Waals surface area contributed by atoms with E-state index in [0.29, 0.717) is 6.42 Å². The maximum atomic E-state index is 12.4. The van der Waals surface area contributed by atoms with Crippen LogP contribution < -0.4 is 5.32 Å². The molecule has 0 aromatic heterocycles. The molecule has 4 heteroatoms. The average Bonchev–Trinajstić information content (AvgIpc) is 3.19. The van der Waals surface area contributed by atoms with Crippen molar-refractivity contribution in [2.45, 2.75) is 238 Å². The zero-order valence-corrected chi connectivity index (χ0v) is 36.4. The summed E-state index contributed by atoms with van der Waals surface area (Å²) in [5.74, 6) is -0.0987. The minimum atomic E-state index is -0.877. The largest absolute Gasteiger partial charge is 0.394 e. The summed E-state index contributed by atoms with van der Waals surface area (Å²) in [6.45, 7) is 4.18. The SMILES string of the molecule is CC/C=C\C/C=C\C/C=C\C/C=C\CCCCCCC(=O)NC(CO)C(O)/C=C/CC/C=C/CCCCCCCCCCCCCCCCCCCCCC. The molecule has 3 N–H and O–H groups in total. The lowest BCUT2D eigenvalue weighted by molar-refractivity contribution is -0.123. The summed E-state index contributed by atoms with van der Waals surface area (Å²) in [5.41, 5.74) is 0. The molecule has 0 saturated carbocycles. The highest BCUT2D eigenvalue weighted by molar-refractivity contribution is 5.76. The van der Waals surface area contributed by atoms with Crippen LogP contribution >= 0.6 is 0 Å². The zero-order chi connectivity index (χ0) is 40.0. The number of nitrogens with one attached hydrogen (secondary N) is 1. The number of carbonyl (C=O) groups is 1. The summed E-state index contributed by atoms with van der Waals surface area (Å²) < 4.78 is 0. The van der Waals surface area contributed by atoms with Gasteiger partial charge in [-0.15, -0.1) is 0 Å². The van der Waals surface area contributed by atoms with Crippen molar-refractivity contribution in [1.29, 1.82) is 0 Å². The summed E-state index contributed by atoms with van der Waals surface area (Å²) in [5, 5.41) is 23.0. The summed E-state index contributed by atoms with van der Waals surface area (Å²) in [6.07, 6.45) is 66.0. The second-order valence-electron chi connectivity index (χ2n) is 15.8. The lowest BCUT2D eigenvalue weighted by Gasteiger charge is -2.19. The van der Waals surface area contributed by atoms with Gasteiger partial charge in [0.2, 0.25) is 5.91 Å². The van der Waals surface area contributed by atoms with Crippen molar-refractivity contribution in [1.82, 2.24) is 5.32 Å². The molecule has 0 saturated heterocycles. The van der Waals surface area contributed by atoms with Gasteiger partial charge >= 0.3 is 0 Å². The van der Waals surface area contributed by atoms with Crippen molar-refractivity contribution >= 4 is 5.91 Å². The maximum absolute atomic E-state index is 12.4. The Balaban J connectivity index is 3.62. The lowest BCUT2D eigenvalue weighted by atomic mass is 10.0. The van der Waals surface area contributed by atoms with E-state index in [9.17, 15) is 15.0 Å². The van der Waals surface area contributed by atoms with E-state index < -0.39 is 12.1 Å². The number of allylic oxidation sites excluding steroid dienone is 11. The second-order valence-corrected chi connectivity index (χ2v) is 15.8. The number of unbranched alkanes of at least 4 members (excludes halogenated alkanes) is 25. The summed E-state index contributed by atoms with van der Waals surface area (Å²) >= 11 is 0. The molecular weight excluding hydrogens is 675 g/mol. The molecule has 0 heterocycles. The van der Waals surface area contributed by atoms with Crippen LogP contribution in [0, 0.1) is 0 Å². The molecule has 2 atom stereocenters. The molecule has 2 unspecified atom stereocenters. The third-order valence-corrected chi connectivity index (χ3v) is 10.4. The van der Waals surface area contributed by atoms with E-state index in [1.165, 1.54) is 128 Å². The number of hydrogen-bond acceptors (Lipinski definition) is 3.